The van der Waals surface area contributed by atoms with Crippen molar-refractivity contribution in [2.24, 2.45) is 0 Å². The molecule has 1 aliphatic rings. The van der Waals surface area contributed by atoms with E-state index in [2.05, 4.69) is 141 Å². The molecule has 11 aromatic carbocycles. The fourth-order valence-electron chi connectivity index (χ4n) is 12.6. The van der Waals surface area contributed by atoms with Crippen LogP contribution in [0, 0.1) is 6.08 Å². The van der Waals surface area contributed by atoms with Gasteiger partial charge < -0.3 is 8.83 Å². The van der Waals surface area contributed by atoms with Gasteiger partial charge in [0.1, 0.15) is 51.3 Å². The molecule has 0 spiro atoms. The predicted molar refractivity (Wildman–Crippen MR) is 365 cm³/mol. The zero-order valence-corrected chi connectivity index (χ0v) is 47.5. The number of aromatic nitrogens is 6. The molecule has 1 aliphatic carbocycles. The van der Waals surface area contributed by atoms with Gasteiger partial charge in [-0.25, -0.2) is 19.9 Å². The first kappa shape index (κ1) is 40.4. The molecule has 1 N–H and O–H groups in total. The molecule has 8 aromatic heterocycles. The molecule has 11 heteroatoms. The van der Waals surface area contributed by atoms with Gasteiger partial charge in [-0.05, 0) is 75.6 Å². The lowest BCUT2D eigenvalue weighted by molar-refractivity contribution is 0.666. The van der Waals surface area contributed by atoms with Crippen LogP contribution in [-0.4, -0.2) is 29.5 Å². The lowest BCUT2D eigenvalue weighted by atomic mass is 9.97. The van der Waals surface area contributed by atoms with Gasteiger partial charge in [0.25, 0.3) is 0 Å². The third kappa shape index (κ3) is 7.66. The first-order chi connectivity index (χ1) is 47.2. The van der Waals surface area contributed by atoms with Crippen LogP contribution in [0.1, 0.15) is 25.0 Å². The van der Waals surface area contributed by atoms with Gasteiger partial charge in [-0.1, -0.05) is 188 Å². The number of allylic oxidation sites excluding steroid dienone is 2. The standard InChI is InChI=1S/C38H21N3OS.C22H12NS.C16H9ClN2O/c1-2-12-22(13-3-1)33-36-34(26-17-7-10-20-29(26)42-36)40-38(39-33)41-28-19-9-6-16-25(28)31-23-14-4-5-15-24(23)32-27-18-8-11-21-30(27)43-37(32)35(31)41;1-2-8-14-13(7-1)19-15-9-3-5-11-17(15)23-21(19)22-20(14)16-10-4-6-12-18(16)24-22;17-16-18-13(10-6-2-1-3-7-10)15-14(19-16)11-8-4-5-9-12(11)20-15/h1-21H;1-4,6-12,23H;1-9H/q;+1;/i1D,2D,3D,12D,13D;;1D,2D,3D,6D,7D. The molecule has 87 heavy (non-hydrogen) atoms. The first-order valence-electron chi connectivity index (χ1n) is 32.8. The molecule has 8 nitrogen and oxygen atoms in total. The number of benzene rings is 11. The van der Waals surface area contributed by atoms with Crippen molar-refractivity contribution in [1.29, 1.82) is 0 Å². The summed E-state index contributed by atoms with van der Waals surface area (Å²) in [6.07, 6.45) is 9.40. The van der Waals surface area contributed by atoms with E-state index in [0.29, 0.717) is 33.5 Å². The number of hydrogen-bond acceptors (Lipinski definition) is 8. The first-order valence-corrected chi connectivity index (χ1v) is 29.8. The Hall–Kier alpha value is -10.8. The summed E-state index contributed by atoms with van der Waals surface area (Å²) in [7, 11) is 0. The fraction of sp³-hybridized carbons (Fsp3) is 0. The SMILES string of the molecule is [2H]c1c([2H])c([2H])c(-c2nc(-n3c4ccccc4c4c5ccccc5c5c6ccccc6sc5c43)nc3c2oc2ccccc23)c([2H])c1[2H].[2H]c1c([2H])c([2H])c(-c2nc(Cl)nc3c2oc2ccccc23)c([2H])c1[2H].[C+]1=Cc2[nH]c3c4sc5ccccc5c4c4ccccc4c3c2C=C1. The van der Waals surface area contributed by atoms with E-state index in [0.717, 1.165) is 53.7 Å². The largest absolute Gasteiger partial charge is 0.452 e. The third-order valence-corrected chi connectivity index (χ3v) is 18.7. The topological polar surface area (TPSA) is 98.6 Å². The van der Waals surface area contributed by atoms with E-state index in [4.69, 9.17) is 44.1 Å². The highest BCUT2D eigenvalue weighted by atomic mass is 35.5. The van der Waals surface area contributed by atoms with Crippen molar-refractivity contribution in [3.8, 4) is 28.5 Å². The summed E-state index contributed by atoms with van der Waals surface area (Å²) in [4.78, 5) is 22.2. The number of hydrogen-bond donors (Lipinski definition) is 1. The highest BCUT2D eigenvalue weighted by Crippen LogP contribution is 2.49. The van der Waals surface area contributed by atoms with Crippen LogP contribution in [0.4, 0.5) is 0 Å². The Bertz CT molecular complexity index is 6710. The van der Waals surface area contributed by atoms with E-state index in [1.54, 1.807) is 29.5 Å². The van der Waals surface area contributed by atoms with Crippen LogP contribution in [-0.2, 0) is 0 Å². The quantitative estimate of drug-likeness (QED) is 0.140. The van der Waals surface area contributed by atoms with Crippen LogP contribution in [0.15, 0.2) is 245 Å². The van der Waals surface area contributed by atoms with Crippen molar-refractivity contribution in [2.75, 3.05) is 0 Å². The van der Waals surface area contributed by atoms with Crippen molar-refractivity contribution >= 4 is 185 Å². The molecule has 20 rings (SSSR count). The predicted octanol–water partition coefficient (Wildman–Crippen LogP) is 21.9. The molecule has 0 saturated carbocycles. The van der Waals surface area contributed by atoms with Gasteiger partial charge in [0.15, 0.2) is 16.9 Å². The van der Waals surface area contributed by atoms with Crippen LogP contribution in [0.3, 0.4) is 0 Å². The third-order valence-electron chi connectivity index (χ3n) is 16.2. The van der Waals surface area contributed by atoms with Gasteiger partial charge in [-0.2, -0.15) is 0 Å². The van der Waals surface area contributed by atoms with Crippen molar-refractivity contribution in [3.05, 3.63) is 259 Å². The summed E-state index contributed by atoms with van der Waals surface area (Å²) in [6.45, 7) is 0. The summed E-state index contributed by atoms with van der Waals surface area (Å²) in [5, 5.41) is 14.8. The minimum Gasteiger partial charge on any atom is -0.452 e. The number of nitrogens with one attached hydrogen (secondary N) is 1. The van der Waals surface area contributed by atoms with Crippen LogP contribution >= 0.6 is 34.3 Å². The monoisotopic (exact) mass is 1180 g/mol. The number of rotatable bonds is 3. The highest BCUT2D eigenvalue weighted by molar-refractivity contribution is 7.27. The van der Waals surface area contributed by atoms with Crippen LogP contribution in [0.2, 0.25) is 5.28 Å². The van der Waals surface area contributed by atoms with Gasteiger partial charge in [0, 0.05) is 75.1 Å². The summed E-state index contributed by atoms with van der Waals surface area (Å²) in [5.74, 6) is 0.316. The second-order valence-corrected chi connectivity index (χ2v) is 23.3. The van der Waals surface area contributed by atoms with Crippen molar-refractivity contribution < 1.29 is 22.5 Å². The summed E-state index contributed by atoms with van der Waals surface area (Å²) < 4.78 is 102. The highest BCUT2D eigenvalue weighted by Gasteiger charge is 2.27. The molecule has 0 bridgehead atoms. The maximum atomic E-state index is 8.87. The Balaban J connectivity index is 0.000000117. The van der Waals surface area contributed by atoms with Crippen molar-refractivity contribution in [3.63, 3.8) is 0 Å². The van der Waals surface area contributed by atoms with E-state index >= 15 is 0 Å². The van der Waals surface area contributed by atoms with Crippen molar-refractivity contribution in [1.82, 2.24) is 29.5 Å². The van der Waals surface area contributed by atoms with Crippen molar-refractivity contribution in [2.45, 2.75) is 0 Å². The minimum atomic E-state index is -0.472. The van der Waals surface area contributed by atoms with E-state index in [9.17, 15) is 0 Å². The van der Waals surface area contributed by atoms with Crippen LogP contribution in [0.5, 0.6) is 0 Å². The van der Waals surface area contributed by atoms with Gasteiger partial charge in [0.2, 0.25) is 11.2 Å². The lowest BCUT2D eigenvalue weighted by Crippen LogP contribution is -2.03. The fourth-order valence-corrected chi connectivity index (χ4v) is 15.2. The number of nitrogens with zero attached hydrogens (tertiary/aromatic N) is 5. The molecule has 19 aromatic rings. The Morgan fingerprint density at radius 1 is 0.471 bits per heavy atom. The average molecular weight is 1180 g/mol. The van der Waals surface area contributed by atoms with Gasteiger partial charge in [0.05, 0.1) is 45.7 Å². The molecule has 0 radical (unpaired) electrons. The lowest BCUT2D eigenvalue weighted by Gasteiger charge is -2.11. The Kier molecular flexibility index (Phi) is 9.12. The maximum Gasteiger partial charge on any atom is 0.236 e. The van der Waals surface area contributed by atoms with Crippen LogP contribution < -0.4 is 0 Å². The number of para-hydroxylation sites is 3. The van der Waals surface area contributed by atoms with Gasteiger partial charge >= 0.3 is 0 Å². The second kappa shape index (κ2) is 19.6. The average Bonchev–Trinajstić information content (AvgIpc) is 1.55. The number of fused-ring (bicyclic) bond motifs is 26. The zero-order valence-electron chi connectivity index (χ0n) is 55.1. The number of furan rings is 2. The summed E-state index contributed by atoms with van der Waals surface area (Å²) in [6, 6.07) is 53.1. The van der Waals surface area contributed by atoms with E-state index < -0.39 is 36.3 Å². The number of halogens is 1. The second-order valence-electron chi connectivity index (χ2n) is 20.9. The molecule has 406 valence electrons. The van der Waals surface area contributed by atoms with Gasteiger partial charge in [-0.3, -0.25) is 9.55 Å². The molecule has 0 atom stereocenters. The molecular formula is C76H42ClN6O2S2+. The van der Waals surface area contributed by atoms with E-state index in [1.165, 1.54) is 57.5 Å². The minimum absolute atomic E-state index is 0.0352. The molecule has 0 fully saturated rings. The summed E-state index contributed by atoms with van der Waals surface area (Å²) >= 11 is 9.63. The normalized spacial score (nSPS) is 13.9. The number of H-pyrrole nitrogens is 1. The molecule has 8 heterocycles. The Labute approximate surface area is 521 Å². The van der Waals surface area contributed by atoms with E-state index in [-0.39, 0.29) is 63.1 Å². The number of aromatic amines is 1. The molecule has 0 aliphatic heterocycles. The maximum absolute atomic E-state index is 8.87. The summed E-state index contributed by atoms with van der Waals surface area (Å²) in [5.41, 5.74) is 8.15. The Morgan fingerprint density at radius 3 is 1.57 bits per heavy atom. The Morgan fingerprint density at radius 2 is 0.954 bits per heavy atom. The smallest absolute Gasteiger partial charge is 0.236 e. The van der Waals surface area contributed by atoms with Crippen LogP contribution in [0.25, 0.3) is 179 Å². The molecule has 0 unspecified atom stereocenters. The number of thiophene rings is 2. The van der Waals surface area contributed by atoms with E-state index in [1.807, 2.05) is 66.0 Å². The molecule has 0 amide bonds. The van der Waals surface area contributed by atoms with Gasteiger partial charge in [-0.15, -0.1) is 22.7 Å². The molecule has 0 saturated heterocycles. The molecular weight excluding hydrogens is 1130 g/mol. The zero-order chi connectivity index (χ0) is 66.0.